The van der Waals surface area contributed by atoms with Gasteiger partial charge in [0.05, 0.1) is 13.7 Å². The Labute approximate surface area is 173 Å². The van der Waals surface area contributed by atoms with Gasteiger partial charge < -0.3 is 15.0 Å². The number of nitrogens with one attached hydrogen (secondary N) is 2. The molecule has 1 aromatic heterocycles. The van der Waals surface area contributed by atoms with Crippen LogP contribution in [-0.4, -0.2) is 32.6 Å². The predicted octanol–water partition coefficient (Wildman–Crippen LogP) is 2.79. The first-order valence-corrected chi connectivity index (χ1v) is 10.3. The quantitative estimate of drug-likeness (QED) is 0.584. The number of quaternary nitrogens is 1. The van der Waals surface area contributed by atoms with Crippen LogP contribution in [0.3, 0.4) is 0 Å². The van der Waals surface area contributed by atoms with Crippen molar-refractivity contribution in [2.75, 3.05) is 20.7 Å². The molecule has 0 aliphatic carbocycles. The summed E-state index contributed by atoms with van der Waals surface area (Å²) in [5.74, 6) is -0.866. The minimum atomic E-state index is -0.411. The highest BCUT2D eigenvalue weighted by atomic mass is 32.1. The fraction of sp³-hybridized carbons (Fsp3) is 0.273. The second-order valence-corrected chi connectivity index (χ2v) is 7.88. The second-order valence-electron chi connectivity index (χ2n) is 6.83. The number of hydrogen-bond acceptors (Lipinski definition) is 4. The van der Waals surface area contributed by atoms with Crippen molar-refractivity contribution in [2.24, 2.45) is 0 Å². The Morgan fingerprint density at radius 1 is 1.14 bits per heavy atom. The molecule has 0 saturated carbocycles. The van der Waals surface area contributed by atoms with Crippen molar-refractivity contribution < 1.29 is 23.6 Å². The van der Waals surface area contributed by atoms with Crippen LogP contribution in [0.25, 0.3) is 10.1 Å². The highest BCUT2D eigenvalue weighted by Crippen LogP contribution is 2.33. The molecule has 152 valence electrons. The Hall–Kier alpha value is -2.77. The van der Waals surface area contributed by atoms with Gasteiger partial charge in [0.15, 0.2) is 0 Å². The fourth-order valence-corrected chi connectivity index (χ4v) is 4.46. The molecule has 2 N–H and O–H groups in total. The van der Waals surface area contributed by atoms with Gasteiger partial charge in [-0.1, -0.05) is 18.2 Å². The first-order valence-electron chi connectivity index (χ1n) is 9.43. The van der Waals surface area contributed by atoms with Crippen LogP contribution < -0.4 is 10.2 Å². The summed E-state index contributed by atoms with van der Waals surface area (Å²) in [5, 5.41) is 3.09. The summed E-state index contributed by atoms with van der Waals surface area (Å²) in [6.45, 7) is 3.18. The topological polar surface area (TPSA) is 59.8 Å². The maximum atomic E-state index is 14.5. The zero-order valence-corrected chi connectivity index (χ0v) is 17.5. The molecule has 1 atom stereocenters. The van der Waals surface area contributed by atoms with Gasteiger partial charge in [0.1, 0.15) is 23.8 Å². The Bertz CT molecular complexity index is 1030. The molecule has 0 saturated heterocycles. The van der Waals surface area contributed by atoms with E-state index in [9.17, 15) is 14.0 Å². The van der Waals surface area contributed by atoms with E-state index >= 15 is 0 Å². The maximum Gasteiger partial charge on any atom is 0.348 e. The lowest BCUT2D eigenvalue weighted by Gasteiger charge is -2.15. The van der Waals surface area contributed by atoms with Gasteiger partial charge in [-0.25, -0.2) is 9.18 Å². The lowest BCUT2D eigenvalue weighted by atomic mass is 10.1. The van der Waals surface area contributed by atoms with Crippen molar-refractivity contribution in [3.8, 4) is 0 Å². The second kappa shape index (κ2) is 9.15. The highest BCUT2D eigenvalue weighted by Gasteiger charge is 2.24. The van der Waals surface area contributed by atoms with Crippen LogP contribution in [0.2, 0.25) is 0 Å². The number of ether oxygens (including phenoxy) is 1. The van der Waals surface area contributed by atoms with Crippen molar-refractivity contribution in [1.29, 1.82) is 0 Å². The lowest BCUT2D eigenvalue weighted by molar-refractivity contribution is -0.907. The van der Waals surface area contributed by atoms with Crippen LogP contribution in [0.1, 0.15) is 38.1 Å². The van der Waals surface area contributed by atoms with E-state index in [0.29, 0.717) is 34.5 Å². The summed E-state index contributed by atoms with van der Waals surface area (Å²) in [6.07, 6.45) is 0. The van der Waals surface area contributed by atoms with Gasteiger partial charge >= 0.3 is 5.97 Å². The van der Waals surface area contributed by atoms with Crippen LogP contribution in [0.5, 0.6) is 0 Å². The number of thiophene rings is 1. The van der Waals surface area contributed by atoms with Crippen LogP contribution in [-0.2, 0) is 17.8 Å². The summed E-state index contributed by atoms with van der Waals surface area (Å²) in [6, 6.07) is 12.3. The van der Waals surface area contributed by atoms with E-state index in [1.54, 1.807) is 32.2 Å². The number of amides is 1. The largest absolute Gasteiger partial charge is 0.462 e. The molecule has 3 rings (SSSR count). The Morgan fingerprint density at radius 3 is 2.52 bits per heavy atom. The lowest BCUT2D eigenvalue weighted by Crippen LogP contribution is -3.06. The maximum absolute atomic E-state index is 14.5. The number of fused-ring (bicyclic) bond motifs is 1. The zero-order valence-electron chi connectivity index (χ0n) is 16.7. The number of carbonyl (C=O) groups excluding carboxylic acids is 2. The number of hydrogen-bond donors (Lipinski definition) is 2. The minimum Gasteiger partial charge on any atom is -0.462 e. The molecule has 29 heavy (non-hydrogen) atoms. The molecule has 0 bridgehead atoms. The molecule has 0 aliphatic heterocycles. The molecule has 0 spiro atoms. The number of esters is 1. The van der Waals surface area contributed by atoms with Gasteiger partial charge in [0.2, 0.25) is 0 Å². The van der Waals surface area contributed by atoms with Crippen LogP contribution >= 0.6 is 11.3 Å². The first-order chi connectivity index (χ1) is 13.9. The first kappa shape index (κ1) is 21.0. The average molecular weight is 416 g/mol. The van der Waals surface area contributed by atoms with Gasteiger partial charge in [-0.2, -0.15) is 0 Å². The van der Waals surface area contributed by atoms with E-state index in [2.05, 4.69) is 5.32 Å². The third-order valence-corrected chi connectivity index (χ3v) is 5.83. The standard InChI is InChI=1S/C22H23FN2O3S/c1-4-28-22(27)20-16(19-17(23)6-5-7-18(19)29-20)13-25(3)12-14-8-10-15(11-9-14)21(26)24-2/h5-11H,4,12-13H2,1-3H3,(H,24,26)/p+1. The third-order valence-electron chi connectivity index (χ3n) is 4.65. The van der Waals surface area contributed by atoms with Crippen molar-refractivity contribution in [1.82, 2.24) is 5.32 Å². The number of rotatable bonds is 7. The van der Waals surface area contributed by atoms with Gasteiger partial charge in [0.25, 0.3) is 5.91 Å². The third kappa shape index (κ3) is 4.63. The Kier molecular flexibility index (Phi) is 6.61. The highest BCUT2D eigenvalue weighted by molar-refractivity contribution is 7.21. The molecule has 7 heteroatoms. The van der Waals surface area contributed by atoms with Gasteiger partial charge in [0, 0.05) is 33.8 Å². The Balaban J connectivity index is 1.85. The summed E-state index contributed by atoms with van der Waals surface area (Å²) < 4.78 is 20.5. The molecule has 3 aromatic rings. The van der Waals surface area contributed by atoms with E-state index in [1.807, 2.05) is 25.2 Å². The van der Waals surface area contributed by atoms with Crippen molar-refractivity contribution >= 4 is 33.3 Å². The minimum absolute atomic E-state index is 0.128. The van der Waals surface area contributed by atoms with Gasteiger partial charge in [-0.15, -0.1) is 11.3 Å². The Morgan fingerprint density at radius 2 is 1.86 bits per heavy atom. The fourth-order valence-electron chi connectivity index (χ4n) is 3.33. The van der Waals surface area contributed by atoms with Crippen molar-refractivity contribution in [3.05, 3.63) is 69.8 Å². The SMILES string of the molecule is CCOC(=O)c1sc2cccc(F)c2c1C[NH+](C)Cc1ccc(C(=O)NC)cc1. The molecule has 2 aromatic carbocycles. The molecular formula is C22H24FN2O3S+. The summed E-state index contributed by atoms with van der Waals surface area (Å²) in [4.78, 5) is 25.7. The molecule has 1 heterocycles. The monoisotopic (exact) mass is 415 g/mol. The molecule has 1 amide bonds. The predicted molar refractivity (Wildman–Crippen MR) is 112 cm³/mol. The van der Waals surface area contributed by atoms with E-state index in [-0.39, 0.29) is 18.3 Å². The van der Waals surface area contributed by atoms with Gasteiger partial charge in [-0.3, -0.25) is 4.79 Å². The normalized spacial score (nSPS) is 12.0. The van der Waals surface area contributed by atoms with E-state index < -0.39 is 5.97 Å². The average Bonchev–Trinajstić information content (AvgIpc) is 3.07. The van der Waals surface area contributed by atoms with Crippen LogP contribution in [0, 0.1) is 5.82 Å². The van der Waals surface area contributed by atoms with E-state index in [1.165, 1.54) is 17.4 Å². The molecule has 0 aliphatic rings. The van der Waals surface area contributed by atoms with Crippen LogP contribution in [0.15, 0.2) is 42.5 Å². The number of carbonyl (C=O) groups is 2. The molecule has 0 radical (unpaired) electrons. The molecule has 5 nitrogen and oxygen atoms in total. The number of halogens is 1. The van der Waals surface area contributed by atoms with Crippen molar-refractivity contribution in [3.63, 3.8) is 0 Å². The zero-order chi connectivity index (χ0) is 21.0. The van der Waals surface area contributed by atoms with Crippen molar-refractivity contribution in [2.45, 2.75) is 20.0 Å². The molecule has 1 unspecified atom stereocenters. The summed E-state index contributed by atoms with van der Waals surface area (Å²) in [7, 11) is 3.59. The summed E-state index contributed by atoms with van der Waals surface area (Å²) >= 11 is 1.27. The number of benzene rings is 2. The molecule has 0 fully saturated rings. The van der Waals surface area contributed by atoms with E-state index in [4.69, 9.17) is 4.74 Å². The van der Waals surface area contributed by atoms with Crippen LogP contribution in [0.4, 0.5) is 4.39 Å². The van der Waals surface area contributed by atoms with E-state index in [0.717, 1.165) is 15.2 Å². The molecular weight excluding hydrogens is 391 g/mol. The van der Waals surface area contributed by atoms with Gasteiger partial charge in [-0.05, 0) is 31.2 Å². The smallest absolute Gasteiger partial charge is 0.348 e. The summed E-state index contributed by atoms with van der Waals surface area (Å²) in [5.41, 5.74) is 2.33.